The Hall–Kier alpha value is -1.79. The van der Waals surface area contributed by atoms with Crippen LogP contribution in [0.3, 0.4) is 0 Å². The Bertz CT molecular complexity index is 594. The second-order valence-electron chi connectivity index (χ2n) is 5.46. The second-order valence-corrected chi connectivity index (χ2v) is 5.46. The minimum absolute atomic E-state index is 0.380. The van der Waals surface area contributed by atoms with Gasteiger partial charge in [0.1, 0.15) is 12.4 Å². The third-order valence-electron chi connectivity index (χ3n) is 3.91. The van der Waals surface area contributed by atoms with E-state index in [0.29, 0.717) is 23.9 Å². The first-order valence-corrected chi connectivity index (χ1v) is 7.35. The second kappa shape index (κ2) is 6.32. The van der Waals surface area contributed by atoms with Crippen molar-refractivity contribution in [3.05, 3.63) is 42.2 Å². The van der Waals surface area contributed by atoms with Gasteiger partial charge in [0.05, 0.1) is 11.7 Å². The van der Waals surface area contributed by atoms with E-state index in [9.17, 15) is 0 Å². The molecule has 3 rings (SSSR count). The van der Waals surface area contributed by atoms with Gasteiger partial charge >= 0.3 is 7.12 Å². The predicted molar refractivity (Wildman–Crippen MR) is 80.3 cm³/mol. The molecule has 1 fully saturated rings. The van der Waals surface area contributed by atoms with Crippen LogP contribution in [-0.4, -0.2) is 26.9 Å². The first kappa shape index (κ1) is 14.2. The first-order chi connectivity index (χ1) is 10.2. The molecule has 110 valence electrons. The van der Waals surface area contributed by atoms with Gasteiger partial charge in [0.25, 0.3) is 0 Å². The molecule has 2 aromatic rings. The summed E-state index contributed by atoms with van der Waals surface area (Å²) in [6, 6.07) is 9.31. The molecule has 0 atom stereocenters. The highest BCUT2D eigenvalue weighted by molar-refractivity contribution is 6.58. The zero-order valence-electron chi connectivity index (χ0n) is 11.9. The maximum absolute atomic E-state index is 9.14. The van der Waals surface area contributed by atoms with Crippen LogP contribution in [0.15, 0.2) is 36.5 Å². The van der Waals surface area contributed by atoms with E-state index in [0.717, 1.165) is 5.69 Å². The average molecular weight is 286 g/mol. The molecule has 1 saturated carbocycles. The summed E-state index contributed by atoms with van der Waals surface area (Å²) < 4.78 is 7.70. The molecule has 0 aliphatic heterocycles. The summed E-state index contributed by atoms with van der Waals surface area (Å²) in [4.78, 5) is 0. The molecular formula is C15H19BN2O3. The van der Waals surface area contributed by atoms with Crippen LogP contribution >= 0.6 is 0 Å². The first-order valence-electron chi connectivity index (χ1n) is 7.35. The van der Waals surface area contributed by atoms with Gasteiger partial charge in [-0.15, -0.1) is 0 Å². The van der Waals surface area contributed by atoms with Crippen molar-refractivity contribution in [3.63, 3.8) is 0 Å². The van der Waals surface area contributed by atoms with Crippen molar-refractivity contribution in [2.75, 3.05) is 0 Å². The van der Waals surface area contributed by atoms with Gasteiger partial charge < -0.3 is 14.8 Å². The van der Waals surface area contributed by atoms with Crippen LogP contribution in [0, 0.1) is 0 Å². The maximum Gasteiger partial charge on any atom is 0.488 e. The van der Waals surface area contributed by atoms with Crippen molar-refractivity contribution < 1.29 is 14.8 Å². The Balaban J connectivity index is 1.61. The van der Waals surface area contributed by atoms with Gasteiger partial charge in [-0.05, 0) is 36.5 Å². The van der Waals surface area contributed by atoms with Gasteiger partial charge in [0, 0.05) is 6.20 Å². The lowest BCUT2D eigenvalue weighted by molar-refractivity contribution is 0.298. The summed E-state index contributed by atoms with van der Waals surface area (Å²) in [5.41, 5.74) is 1.31. The van der Waals surface area contributed by atoms with E-state index < -0.39 is 7.12 Å². The van der Waals surface area contributed by atoms with E-state index in [2.05, 4.69) is 5.10 Å². The highest BCUT2D eigenvalue weighted by Crippen LogP contribution is 2.28. The van der Waals surface area contributed by atoms with E-state index in [1.165, 1.54) is 25.7 Å². The minimum atomic E-state index is -1.48. The fraction of sp³-hybridized carbons (Fsp3) is 0.400. The van der Waals surface area contributed by atoms with Crippen LogP contribution in [0.5, 0.6) is 5.75 Å². The van der Waals surface area contributed by atoms with Crippen LogP contribution in [0.25, 0.3) is 0 Å². The Morgan fingerprint density at radius 2 is 2.05 bits per heavy atom. The number of benzene rings is 1. The standard InChI is InChI=1S/C15H19BN2O3/c19-16(20)12-4-3-7-15(10-12)21-11-13-8-9-18(17-13)14-5-1-2-6-14/h3-4,7-10,14,19-20H,1-2,5-6,11H2. The van der Waals surface area contributed by atoms with E-state index >= 15 is 0 Å². The molecular weight excluding hydrogens is 267 g/mol. The third-order valence-corrected chi connectivity index (χ3v) is 3.91. The van der Waals surface area contributed by atoms with Gasteiger partial charge in [-0.25, -0.2) is 0 Å². The Morgan fingerprint density at radius 3 is 2.81 bits per heavy atom. The minimum Gasteiger partial charge on any atom is -0.487 e. The Morgan fingerprint density at radius 1 is 1.24 bits per heavy atom. The van der Waals surface area contributed by atoms with Crippen LogP contribution in [0.1, 0.15) is 37.4 Å². The number of nitrogens with zero attached hydrogens (tertiary/aromatic N) is 2. The summed E-state index contributed by atoms with van der Waals surface area (Å²) in [5, 5.41) is 22.8. The van der Waals surface area contributed by atoms with E-state index in [1.807, 2.05) is 16.9 Å². The average Bonchev–Trinajstić information content (AvgIpc) is 3.16. The van der Waals surface area contributed by atoms with E-state index in [4.69, 9.17) is 14.8 Å². The van der Waals surface area contributed by atoms with E-state index in [-0.39, 0.29) is 0 Å². The lowest BCUT2D eigenvalue weighted by atomic mass is 9.80. The number of rotatable bonds is 5. The maximum atomic E-state index is 9.14. The Labute approximate surface area is 124 Å². The lowest BCUT2D eigenvalue weighted by Gasteiger charge is -2.09. The van der Waals surface area contributed by atoms with Crippen LogP contribution < -0.4 is 10.2 Å². The molecule has 6 heteroatoms. The largest absolute Gasteiger partial charge is 0.488 e. The molecule has 21 heavy (non-hydrogen) atoms. The van der Waals surface area contributed by atoms with Crippen molar-refractivity contribution in [1.82, 2.24) is 9.78 Å². The quantitative estimate of drug-likeness (QED) is 0.812. The predicted octanol–water partition coefficient (Wildman–Crippen LogP) is 1.26. The SMILES string of the molecule is OB(O)c1cccc(OCc2ccn(C3CCCC3)n2)c1. The highest BCUT2D eigenvalue weighted by Gasteiger charge is 2.17. The number of hydrogen-bond donors (Lipinski definition) is 2. The molecule has 0 radical (unpaired) electrons. The molecule has 0 amide bonds. The lowest BCUT2D eigenvalue weighted by Crippen LogP contribution is -2.29. The molecule has 1 aliphatic carbocycles. The summed E-state index contributed by atoms with van der Waals surface area (Å²) >= 11 is 0. The molecule has 0 spiro atoms. The molecule has 1 aliphatic rings. The fourth-order valence-electron chi connectivity index (χ4n) is 2.75. The zero-order valence-corrected chi connectivity index (χ0v) is 11.9. The molecule has 5 nitrogen and oxygen atoms in total. The molecule has 2 N–H and O–H groups in total. The monoisotopic (exact) mass is 286 g/mol. The molecule has 0 saturated heterocycles. The summed E-state index contributed by atoms with van der Waals surface area (Å²) in [7, 11) is -1.48. The molecule has 0 unspecified atom stereocenters. The van der Waals surface area contributed by atoms with Crippen molar-refractivity contribution in [2.24, 2.45) is 0 Å². The summed E-state index contributed by atoms with van der Waals surface area (Å²) in [6.45, 7) is 0.380. The highest BCUT2D eigenvalue weighted by atomic mass is 16.5. The number of hydrogen-bond acceptors (Lipinski definition) is 4. The number of ether oxygens (including phenoxy) is 1. The third kappa shape index (κ3) is 3.46. The topological polar surface area (TPSA) is 67.5 Å². The van der Waals surface area contributed by atoms with Crippen LogP contribution in [0.2, 0.25) is 0 Å². The van der Waals surface area contributed by atoms with Gasteiger partial charge in [-0.3, -0.25) is 4.68 Å². The molecule has 1 aromatic heterocycles. The van der Waals surface area contributed by atoms with Gasteiger partial charge in [0.15, 0.2) is 0 Å². The van der Waals surface area contributed by atoms with Crippen LogP contribution in [-0.2, 0) is 6.61 Å². The van der Waals surface area contributed by atoms with E-state index in [1.54, 1.807) is 24.3 Å². The van der Waals surface area contributed by atoms with Crippen molar-refractivity contribution in [1.29, 1.82) is 0 Å². The van der Waals surface area contributed by atoms with Crippen molar-refractivity contribution in [2.45, 2.75) is 38.3 Å². The van der Waals surface area contributed by atoms with Gasteiger partial charge in [-0.2, -0.15) is 5.10 Å². The van der Waals surface area contributed by atoms with Crippen LogP contribution in [0.4, 0.5) is 0 Å². The Kier molecular flexibility index (Phi) is 4.27. The van der Waals surface area contributed by atoms with Gasteiger partial charge in [-0.1, -0.05) is 25.0 Å². The smallest absolute Gasteiger partial charge is 0.487 e. The zero-order chi connectivity index (χ0) is 14.7. The fourth-order valence-corrected chi connectivity index (χ4v) is 2.75. The normalized spacial score (nSPS) is 15.3. The molecule has 0 bridgehead atoms. The summed E-state index contributed by atoms with van der Waals surface area (Å²) in [5.74, 6) is 0.607. The number of aromatic nitrogens is 2. The van der Waals surface area contributed by atoms with Crippen molar-refractivity contribution in [3.8, 4) is 5.75 Å². The van der Waals surface area contributed by atoms with Crippen molar-refractivity contribution >= 4 is 12.6 Å². The summed E-state index contributed by atoms with van der Waals surface area (Å²) in [6.07, 6.45) is 7.00. The van der Waals surface area contributed by atoms with Gasteiger partial charge in [0.2, 0.25) is 0 Å². The molecule has 1 aromatic carbocycles. The molecule has 1 heterocycles.